The van der Waals surface area contributed by atoms with Crippen LogP contribution < -0.4 is 15.2 Å². The van der Waals surface area contributed by atoms with Crippen LogP contribution >= 0.6 is 0 Å². The van der Waals surface area contributed by atoms with Crippen LogP contribution in [-0.2, 0) is 6.42 Å². The number of hydrogen-bond acceptors (Lipinski definition) is 13. The summed E-state index contributed by atoms with van der Waals surface area (Å²) in [6.45, 7) is -0.290. The Bertz CT molecular complexity index is 2100. The van der Waals surface area contributed by atoms with Crippen molar-refractivity contribution in [3.63, 3.8) is 0 Å². The first-order chi connectivity index (χ1) is 23.8. The van der Waals surface area contributed by atoms with Crippen molar-refractivity contribution in [2.24, 2.45) is 10.6 Å². The Morgan fingerprint density at radius 2 is 1.54 bits per heavy atom. The number of piperazine rings is 1. The van der Waals surface area contributed by atoms with E-state index in [1.807, 2.05) is 0 Å². The zero-order chi connectivity index (χ0) is 36.1. The molecule has 21 nitrogen and oxygen atoms in total. The lowest BCUT2D eigenvalue weighted by Gasteiger charge is -2.31. The number of aromatic nitrogens is 2. The highest BCUT2D eigenvalue weighted by atomic mass is 19.1. The van der Waals surface area contributed by atoms with Crippen molar-refractivity contribution in [1.29, 1.82) is 0 Å². The van der Waals surface area contributed by atoms with Crippen LogP contribution in [0.5, 0.6) is 11.5 Å². The van der Waals surface area contributed by atoms with E-state index in [0.29, 0.717) is 34.2 Å². The molecule has 1 saturated heterocycles. The number of hydrogen-bond donors (Lipinski definition) is 1. The summed E-state index contributed by atoms with van der Waals surface area (Å²) in [7, 11) is 2.59. The van der Waals surface area contributed by atoms with Crippen molar-refractivity contribution < 1.29 is 38.6 Å². The maximum absolute atomic E-state index is 14.9. The molecule has 2 heterocycles. The highest BCUT2D eigenvalue weighted by Crippen LogP contribution is 2.39. The van der Waals surface area contributed by atoms with Gasteiger partial charge in [-0.1, -0.05) is 24.3 Å². The lowest BCUT2D eigenvalue weighted by Crippen LogP contribution is -2.50. The number of carbonyl (C=O) groups excluding carboxylic acids is 1. The number of H-pyrrole nitrogens is 1. The van der Waals surface area contributed by atoms with Crippen LogP contribution in [0.25, 0.3) is 10.8 Å². The Balaban J connectivity index is 1.27. The topological polar surface area (TPSA) is 254 Å². The van der Waals surface area contributed by atoms with E-state index >= 15 is 0 Å². The predicted molar refractivity (Wildman–Crippen MR) is 166 cm³/mol. The number of nitro benzene ring substituents is 2. The summed E-state index contributed by atoms with van der Waals surface area (Å²) in [5, 5.41) is 63.4. The smallest absolute Gasteiger partial charge is 0.321 e. The molecule has 22 heteroatoms. The first-order valence-corrected chi connectivity index (χ1v) is 14.5. The van der Waals surface area contributed by atoms with Crippen LogP contribution in [-0.4, -0.2) is 91.1 Å². The van der Waals surface area contributed by atoms with Gasteiger partial charge in [-0.3, -0.25) is 39.5 Å². The van der Waals surface area contributed by atoms with Gasteiger partial charge in [-0.2, -0.15) is 10.1 Å². The van der Waals surface area contributed by atoms with Crippen molar-refractivity contribution in [3.8, 4) is 11.5 Å². The maximum Gasteiger partial charge on any atom is 0.321 e. The molecule has 5 rings (SSSR count). The van der Waals surface area contributed by atoms with Gasteiger partial charge in [0.05, 0.1) is 63.6 Å². The minimum atomic E-state index is -1.02. The quantitative estimate of drug-likeness (QED) is 0.103. The second kappa shape index (κ2) is 14.4. The fraction of sp³-hybridized carbons (Fsp3) is 0.250. The van der Waals surface area contributed by atoms with Crippen LogP contribution in [0, 0.1) is 36.5 Å². The molecule has 0 aliphatic carbocycles. The summed E-state index contributed by atoms with van der Waals surface area (Å²) in [6, 6.07) is 12.1. The molecule has 1 aromatic heterocycles. The highest BCUT2D eigenvalue weighted by Gasteiger charge is 2.31. The normalized spacial score (nSPS) is 13.7. The molecule has 0 bridgehead atoms. The monoisotopic (exact) mass is 695 g/mol. The third kappa shape index (κ3) is 7.42. The predicted octanol–water partition coefficient (Wildman–Crippen LogP) is 2.83. The fourth-order valence-corrected chi connectivity index (χ4v) is 4.84. The largest absolute Gasteiger partial charge is 0.569 e. The molecule has 50 heavy (non-hydrogen) atoms. The fourth-order valence-electron chi connectivity index (χ4n) is 4.84. The number of halogens is 1. The first kappa shape index (κ1) is 34.3. The minimum Gasteiger partial charge on any atom is -0.569 e. The number of rotatable bonds is 11. The third-order valence-electron chi connectivity index (χ3n) is 7.39. The molecule has 260 valence electrons. The number of hydrazine groups is 2. The number of nitrogens with one attached hydrogen (secondary N) is 1. The van der Waals surface area contributed by atoms with Crippen LogP contribution in [0.2, 0.25) is 0 Å². The van der Waals surface area contributed by atoms with E-state index in [1.54, 1.807) is 24.3 Å². The number of nitro groups is 2. The first-order valence-electron chi connectivity index (χ1n) is 14.5. The van der Waals surface area contributed by atoms with Gasteiger partial charge in [0, 0.05) is 31.0 Å². The van der Waals surface area contributed by atoms with E-state index in [4.69, 9.17) is 9.68 Å². The number of nitrogens with zero attached hydrogens (tertiary/aromatic N) is 10. The molecule has 4 aromatic rings. The summed E-state index contributed by atoms with van der Waals surface area (Å²) >= 11 is 0. The molecular formula is C28H26FN11O10. The number of fused-ring (bicyclic) bond motifs is 1. The van der Waals surface area contributed by atoms with Crippen molar-refractivity contribution in [1.82, 2.24) is 25.1 Å². The summed E-state index contributed by atoms with van der Waals surface area (Å²) in [6.07, 6.45) is 0.195. The van der Waals surface area contributed by atoms with Gasteiger partial charge in [-0.05, 0) is 23.8 Å². The second-order valence-electron chi connectivity index (χ2n) is 10.8. The summed E-state index contributed by atoms with van der Waals surface area (Å²) in [5.41, 5.74) is -1.36. The van der Waals surface area contributed by atoms with Gasteiger partial charge in [-0.25, -0.2) is 9.49 Å². The van der Waals surface area contributed by atoms with Gasteiger partial charge in [0.2, 0.25) is 22.1 Å². The van der Waals surface area contributed by atoms with E-state index in [9.17, 15) is 44.6 Å². The molecule has 3 aromatic carbocycles. The number of benzene rings is 3. The standard InChI is InChI=1S/C28H26FN11O10/c1-34(2)39(47)32-49-25-16-26(24(38(45)46)15-23(25)37(43)44)50-33-40(48)36-11-9-35(10-12-36)28(42)20-13-17(7-8-21(20)29)14-22-18-5-3-4-6-19(18)27(41)31-30-22/h3-8,13,15-16H,9-12,14H2,1-2H3,(H,31,41). The van der Waals surface area contributed by atoms with Crippen molar-refractivity contribution in [3.05, 3.63) is 118 Å². The SMILES string of the molecule is CN(C)[N+]([O-])=NOc1cc(ON=[N+]([O-])N2CCN(C(=O)c3cc(Cc4n[nH]c(=O)c5ccccc45)ccc3F)CC2)c([N+](=O)[O-])cc1[N+](=O)[O-]. The van der Waals surface area contributed by atoms with Crippen molar-refractivity contribution in [2.75, 3.05) is 40.3 Å². The third-order valence-corrected chi connectivity index (χ3v) is 7.39. The van der Waals surface area contributed by atoms with Crippen molar-refractivity contribution >= 4 is 28.1 Å². The summed E-state index contributed by atoms with van der Waals surface area (Å²) in [4.78, 5) is 57.4. The van der Waals surface area contributed by atoms with Crippen LogP contribution in [0.15, 0.2) is 69.9 Å². The van der Waals surface area contributed by atoms with Gasteiger partial charge >= 0.3 is 11.4 Å². The summed E-state index contributed by atoms with van der Waals surface area (Å²) in [5.74, 6) is -2.88. The van der Waals surface area contributed by atoms with Gasteiger partial charge in [0.25, 0.3) is 11.5 Å². The van der Waals surface area contributed by atoms with E-state index in [-0.39, 0.29) is 53.7 Å². The maximum atomic E-state index is 14.9. The van der Waals surface area contributed by atoms with Gasteiger partial charge in [0.15, 0.2) is 0 Å². The van der Waals surface area contributed by atoms with Gasteiger partial charge in [-0.15, -0.1) is 5.01 Å². The Hall–Kier alpha value is -7.00. The molecule has 1 aliphatic heterocycles. The van der Waals surface area contributed by atoms with Crippen molar-refractivity contribution in [2.45, 2.75) is 6.42 Å². The minimum absolute atomic E-state index is 0.0357. The molecule has 0 spiro atoms. The average Bonchev–Trinajstić information content (AvgIpc) is 3.10. The second-order valence-corrected chi connectivity index (χ2v) is 10.8. The van der Waals surface area contributed by atoms with Gasteiger partial charge in [0.1, 0.15) is 11.9 Å². The van der Waals surface area contributed by atoms with Gasteiger partial charge < -0.3 is 15.3 Å². The average molecular weight is 696 g/mol. The lowest BCUT2D eigenvalue weighted by atomic mass is 10.0. The lowest BCUT2D eigenvalue weighted by molar-refractivity contribution is -0.708. The van der Waals surface area contributed by atoms with Crippen LogP contribution in [0.3, 0.4) is 0 Å². The zero-order valence-electron chi connectivity index (χ0n) is 26.2. The molecule has 0 radical (unpaired) electrons. The molecule has 1 amide bonds. The Kier molecular flexibility index (Phi) is 9.90. The molecule has 1 aliphatic rings. The Morgan fingerprint density at radius 1 is 0.920 bits per heavy atom. The van der Waals surface area contributed by atoms with E-state index in [0.717, 1.165) is 16.1 Å². The molecule has 1 N–H and O–H groups in total. The van der Waals surface area contributed by atoms with E-state index in [2.05, 4.69) is 20.8 Å². The van der Waals surface area contributed by atoms with Crippen LogP contribution in [0.1, 0.15) is 21.6 Å². The highest BCUT2D eigenvalue weighted by molar-refractivity contribution is 5.95. The number of aromatic amines is 1. The number of amides is 1. The molecule has 0 saturated carbocycles. The molecule has 0 unspecified atom stereocenters. The Morgan fingerprint density at radius 3 is 2.16 bits per heavy atom. The zero-order valence-corrected chi connectivity index (χ0v) is 26.2. The summed E-state index contributed by atoms with van der Waals surface area (Å²) < 4.78 is 14.9. The molecule has 1 fully saturated rings. The molecule has 0 atom stereocenters. The number of carbonyl (C=O) groups is 1. The molecular weight excluding hydrogens is 669 g/mol. The van der Waals surface area contributed by atoms with E-state index in [1.165, 1.54) is 31.1 Å². The van der Waals surface area contributed by atoms with E-state index < -0.39 is 44.4 Å². The Labute approximate surface area is 279 Å². The van der Waals surface area contributed by atoms with Crippen LogP contribution in [0.4, 0.5) is 15.8 Å².